The molecule has 2 aromatic heterocycles. The Kier molecular flexibility index (Phi) is 2.44. The summed E-state index contributed by atoms with van der Waals surface area (Å²) >= 11 is 0. The smallest absolute Gasteiger partial charge is 0.410 e. The van der Waals surface area contributed by atoms with E-state index in [1.54, 1.807) is 24.5 Å². The van der Waals surface area contributed by atoms with E-state index in [4.69, 9.17) is 5.11 Å². The zero-order valence-corrected chi connectivity index (χ0v) is 9.45. The van der Waals surface area contributed by atoms with Crippen molar-refractivity contribution < 1.29 is 9.90 Å². The van der Waals surface area contributed by atoms with Crippen LogP contribution in [0.15, 0.2) is 24.5 Å². The maximum atomic E-state index is 10.6. The monoisotopic (exact) mass is 245 g/mol. The number of carboxylic acid groups (broad SMARTS) is 1. The molecule has 3 rings (SSSR count). The summed E-state index contributed by atoms with van der Waals surface area (Å²) in [6.45, 7) is 0. The predicted molar refractivity (Wildman–Crippen MR) is 63.2 cm³/mol. The van der Waals surface area contributed by atoms with Crippen molar-refractivity contribution in [2.24, 2.45) is 0 Å². The molecule has 1 aliphatic rings. The molecule has 0 aliphatic heterocycles. The molecule has 1 aliphatic carbocycles. The Hall–Kier alpha value is -2.44. The van der Waals surface area contributed by atoms with Crippen LogP contribution < -0.4 is 5.32 Å². The molecule has 0 bridgehead atoms. The van der Waals surface area contributed by atoms with Gasteiger partial charge in [-0.15, -0.1) is 10.2 Å². The summed E-state index contributed by atoms with van der Waals surface area (Å²) in [6.07, 6.45) is 2.80. The molecule has 7 heteroatoms. The maximum Gasteiger partial charge on any atom is 0.410 e. The van der Waals surface area contributed by atoms with E-state index in [0.29, 0.717) is 17.6 Å². The molecular formula is C11H11N5O2. The first-order chi connectivity index (χ1) is 8.74. The molecule has 2 N–H and O–H groups in total. The summed E-state index contributed by atoms with van der Waals surface area (Å²) < 4.78 is 1.98. The first kappa shape index (κ1) is 10.7. The summed E-state index contributed by atoms with van der Waals surface area (Å²) in [5.41, 5.74) is 0.616. The number of aromatic nitrogens is 4. The van der Waals surface area contributed by atoms with E-state index in [0.717, 1.165) is 12.8 Å². The van der Waals surface area contributed by atoms with Crippen molar-refractivity contribution in [1.82, 2.24) is 19.7 Å². The lowest BCUT2D eigenvalue weighted by molar-refractivity contribution is 0.209. The molecule has 2 heterocycles. The Bertz CT molecular complexity index is 591. The van der Waals surface area contributed by atoms with Crippen LogP contribution in [0.4, 0.5) is 10.6 Å². The van der Waals surface area contributed by atoms with Crippen molar-refractivity contribution >= 4 is 11.9 Å². The molecule has 0 saturated heterocycles. The Morgan fingerprint density at radius 3 is 3.00 bits per heavy atom. The van der Waals surface area contributed by atoms with E-state index in [9.17, 15) is 4.79 Å². The number of amides is 1. The van der Waals surface area contributed by atoms with Crippen LogP contribution >= 0.6 is 0 Å². The number of hydrogen-bond donors (Lipinski definition) is 2. The van der Waals surface area contributed by atoms with Gasteiger partial charge in [0.1, 0.15) is 17.8 Å². The second kappa shape index (κ2) is 4.10. The van der Waals surface area contributed by atoms with Gasteiger partial charge in [0.05, 0.1) is 0 Å². The molecule has 0 aromatic carbocycles. The minimum atomic E-state index is -1.14. The molecule has 2 aromatic rings. The molecule has 18 heavy (non-hydrogen) atoms. The van der Waals surface area contributed by atoms with Gasteiger partial charge >= 0.3 is 6.09 Å². The summed E-state index contributed by atoms with van der Waals surface area (Å²) in [5, 5.41) is 18.8. The van der Waals surface area contributed by atoms with Gasteiger partial charge in [0, 0.05) is 6.04 Å². The average molecular weight is 245 g/mol. The summed E-state index contributed by atoms with van der Waals surface area (Å²) in [4.78, 5) is 14.8. The van der Waals surface area contributed by atoms with Crippen molar-refractivity contribution in [2.75, 3.05) is 5.32 Å². The number of carbonyl (C=O) groups is 1. The lowest BCUT2D eigenvalue weighted by Gasteiger charge is -2.05. The third-order valence-corrected chi connectivity index (χ3v) is 2.73. The van der Waals surface area contributed by atoms with E-state index in [2.05, 4.69) is 20.5 Å². The quantitative estimate of drug-likeness (QED) is 0.859. The zero-order chi connectivity index (χ0) is 12.5. The molecular weight excluding hydrogens is 234 g/mol. The van der Waals surface area contributed by atoms with Crippen LogP contribution in [0.5, 0.6) is 0 Å². The van der Waals surface area contributed by atoms with E-state index >= 15 is 0 Å². The van der Waals surface area contributed by atoms with Gasteiger partial charge in [-0.2, -0.15) is 0 Å². The van der Waals surface area contributed by atoms with Crippen molar-refractivity contribution in [3.63, 3.8) is 0 Å². The zero-order valence-electron chi connectivity index (χ0n) is 9.45. The van der Waals surface area contributed by atoms with Crippen molar-refractivity contribution in [3.8, 4) is 11.5 Å². The number of anilines is 1. The second-order valence-electron chi connectivity index (χ2n) is 4.13. The highest BCUT2D eigenvalue weighted by atomic mass is 16.4. The van der Waals surface area contributed by atoms with Crippen LogP contribution in [0, 0.1) is 0 Å². The molecule has 0 atom stereocenters. The second-order valence-corrected chi connectivity index (χ2v) is 4.13. The first-order valence-electron chi connectivity index (χ1n) is 5.61. The third kappa shape index (κ3) is 2.02. The highest BCUT2D eigenvalue weighted by molar-refractivity contribution is 5.81. The first-order valence-corrected chi connectivity index (χ1v) is 5.61. The summed E-state index contributed by atoms with van der Waals surface area (Å²) in [5.74, 6) is 0.955. The van der Waals surface area contributed by atoms with Gasteiger partial charge in [-0.05, 0) is 25.0 Å². The van der Waals surface area contributed by atoms with Crippen molar-refractivity contribution in [1.29, 1.82) is 0 Å². The summed E-state index contributed by atoms with van der Waals surface area (Å²) in [7, 11) is 0. The standard InChI is InChI=1S/C11H11N5O2/c17-11(18)14-9-3-1-2-8(13-9)10-15-12-6-16(10)7-4-5-7/h1-3,6-7H,4-5H2,(H,13,14)(H,17,18). The molecule has 0 unspecified atom stereocenters. The van der Waals surface area contributed by atoms with E-state index < -0.39 is 6.09 Å². The van der Waals surface area contributed by atoms with Gasteiger partial charge in [0.2, 0.25) is 0 Å². The van der Waals surface area contributed by atoms with Gasteiger partial charge in [0.25, 0.3) is 0 Å². The van der Waals surface area contributed by atoms with Gasteiger partial charge in [-0.3, -0.25) is 5.32 Å². The van der Waals surface area contributed by atoms with Crippen molar-refractivity contribution in [2.45, 2.75) is 18.9 Å². The fourth-order valence-electron chi connectivity index (χ4n) is 1.78. The van der Waals surface area contributed by atoms with Gasteiger partial charge in [-0.1, -0.05) is 6.07 Å². The van der Waals surface area contributed by atoms with Crippen molar-refractivity contribution in [3.05, 3.63) is 24.5 Å². The van der Waals surface area contributed by atoms with E-state index in [-0.39, 0.29) is 5.82 Å². The van der Waals surface area contributed by atoms with E-state index in [1.807, 2.05) is 4.57 Å². The van der Waals surface area contributed by atoms with Gasteiger partial charge < -0.3 is 9.67 Å². The SMILES string of the molecule is O=C(O)Nc1cccc(-c2nncn2C2CC2)n1. The number of nitrogens with one attached hydrogen (secondary N) is 1. The van der Waals surface area contributed by atoms with Crippen LogP contribution in [0.1, 0.15) is 18.9 Å². The fraction of sp³-hybridized carbons (Fsp3) is 0.273. The fourth-order valence-corrected chi connectivity index (χ4v) is 1.78. The lowest BCUT2D eigenvalue weighted by atomic mass is 10.3. The molecule has 0 spiro atoms. The Labute approximate surface area is 102 Å². The molecule has 0 radical (unpaired) electrons. The third-order valence-electron chi connectivity index (χ3n) is 2.73. The number of rotatable bonds is 3. The van der Waals surface area contributed by atoms with Crippen LogP contribution in [-0.2, 0) is 0 Å². The Balaban J connectivity index is 1.95. The molecule has 92 valence electrons. The Morgan fingerprint density at radius 2 is 2.28 bits per heavy atom. The highest BCUT2D eigenvalue weighted by Crippen LogP contribution is 2.37. The van der Waals surface area contributed by atoms with Crippen LogP contribution in [0.2, 0.25) is 0 Å². The van der Waals surface area contributed by atoms with Crippen LogP contribution in [0.3, 0.4) is 0 Å². The maximum absolute atomic E-state index is 10.6. The molecule has 1 saturated carbocycles. The largest absolute Gasteiger partial charge is 0.465 e. The normalized spacial score (nSPS) is 14.4. The van der Waals surface area contributed by atoms with Gasteiger partial charge in [-0.25, -0.2) is 9.78 Å². The van der Waals surface area contributed by atoms with Gasteiger partial charge in [0.15, 0.2) is 5.82 Å². The molecule has 7 nitrogen and oxygen atoms in total. The van der Waals surface area contributed by atoms with E-state index in [1.165, 1.54) is 0 Å². The minimum Gasteiger partial charge on any atom is -0.465 e. The van der Waals surface area contributed by atoms with Crippen LogP contribution in [-0.4, -0.2) is 30.9 Å². The predicted octanol–water partition coefficient (Wildman–Crippen LogP) is 1.76. The number of hydrogen-bond acceptors (Lipinski definition) is 4. The minimum absolute atomic E-state index is 0.283. The molecule has 1 fully saturated rings. The Morgan fingerprint density at radius 1 is 1.44 bits per heavy atom. The molecule has 1 amide bonds. The average Bonchev–Trinajstić information content (AvgIpc) is 3.06. The number of pyridine rings is 1. The lowest BCUT2D eigenvalue weighted by Crippen LogP contribution is -2.09. The highest BCUT2D eigenvalue weighted by Gasteiger charge is 2.26. The number of nitrogens with zero attached hydrogens (tertiary/aromatic N) is 4. The van der Waals surface area contributed by atoms with Crippen LogP contribution in [0.25, 0.3) is 11.5 Å². The summed E-state index contributed by atoms with van der Waals surface area (Å²) in [6, 6.07) is 5.57. The topological polar surface area (TPSA) is 92.9 Å².